The predicted molar refractivity (Wildman–Crippen MR) is 51.6 cm³/mol. The molecule has 6 atom stereocenters. The Morgan fingerprint density at radius 3 is 2.83 bits per heavy atom. The third kappa shape index (κ3) is 0.865. The Balaban J connectivity index is 1.98. The molecule has 2 saturated heterocycles. The molecular weight excluding hydrogens is 192 g/mol. The maximum absolute atomic E-state index is 9.96. The maximum atomic E-state index is 9.96. The lowest BCUT2D eigenvalue weighted by Gasteiger charge is -2.36. The minimum Gasteiger partial charge on any atom is -0.392 e. The zero-order valence-electron chi connectivity index (χ0n) is 6.82. The van der Waals surface area contributed by atoms with Crippen molar-refractivity contribution in [2.45, 2.75) is 41.2 Å². The van der Waals surface area contributed by atoms with E-state index in [1.807, 2.05) is 11.8 Å². The Bertz CT molecular complexity index is 205. The molecule has 0 aromatic carbocycles. The number of rotatable bonds is 0. The highest BCUT2D eigenvalue weighted by molar-refractivity contribution is 8.00. The van der Waals surface area contributed by atoms with Gasteiger partial charge in [0, 0.05) is 16.4 Å². The summed E-state index contributed by atoms with van der Waals surface area (Å²) in [6.45, 7) is 0. The lowest BCUT2D eigenvalue weighted by atomic mass is 9.98. The second-order valence-electron chi connectivity index (χ2n) is 4.29. The van der Waals surface area contributed by atoms with Crippen LogP contribution in [0.15, 0.2) is 0 Å². The summed E-state index contributed by atoms with van der Waals surface area (Å²) < 4.78 is 0. The van der Waals surface area contributed by atoms with Crippen molar-refractivity contribution in [3.63, 3.8) is 0 Å². The van der Waals surface area contributed by atoms with Gasteiger partial charge in [0.2, 0.25) is 0 Å². The van der Waals surface area contributed by atoms with Crippen molar-refractivity contribution in [1.29, 1.82) is 0 Å². The molecule has 0 radical (unpaired) electrons. The van der Waals surface area contributed by atoms with E-state index in [9.17, 15) is 5.11 Å². The zero-order valence-corrected chi connectivity index (χ0v) is 8.39. The topological polar surface area (TPSA) is 20.2 Å². The van der Waals surface area contributed by atoms with Crippen LogP contribution in [0.5, 0.6) is 0 Å². The molecule has 2 heterocycles. The van der Waals surface area contributed by atoms with E-state index in [0.717, 1.165) is 5.25 Å². The SMILES string of the molecule is O[C@H]1[C@H]2C[C@@H]3S[C@@H](CC[C@H]13)[C@H]2Cl. The monoisotopic (exact) mass is 204 g/mol. The van der Waals surface area contributed by atoms with Crippen LogP contribution in [0.1, 0.15) is 19.3 Å². The molecular formula is C9H13ClOS. The summed E-state index contributed by atoms with van der Waals surface area (Å²) in [5, 5.41) is 11.6. The van der Waals surface area contributed by atoms with E-state index in [0.29, 0.717) is 17.1 Å². The molecule has 3 bridgehead atoms. The molecule has 1 N–H and O–H groups in total. The first kappa shape index (κ1) is 7.95. The van der Waals surface area contributed by atoms with Crippen LogP contribution in [0, 0.1) is 11.8 Å². The number of fused-ring (bicyclic) bond motifs is 2. The number of aliphatic hydroxyl groups excluding tert-OH is 1. The molecule has 1 aliphatic carbocycles. The summed E-state index contributed by atoms with van der Waals surface area (Å²) in [5.41, 5.74) is 0. The Morgan fingerprint density at radius 2 is 2.00 bits per heavy atom. The predicted octanol–water partition coefficient (Wildman–Crippen LogP) is 1.87. The first-order valence-electron chi connectivity index (χ1n) is 4.75. The molecule has 0 aromatic heterocycles. The average Bonchev–Trinajstić information content (AvgIpc) is 2.33. The number of alkyl halides is 1. The van der Waals surface area contributed by atoms with Crippen LogP contribution >= 0.6 is 23.4 Å². The van der Waals surface area contributed by atoms with Gasteiger partial charge in [0.25, 0.3) is 0 Å². The molecule has 3 heteroatoms. The largest absolute Gasteiger partial charge is 0.392 e. The standard InChI is InChI=1S/C9H13ClOS/c10-8-5-3-7-4(9(5)11)1-2-6(8)12-7/h4-9,11H,1-3H2/t4-,5-,6-,7-,8-,9+/m0/s1. The molecule has 0 aromatic rings. The lowest BCUT2D eigenvalue weighted by molar-refractivity contribution is 0.0967. The van der Waals surface area contributed by atoms with Gasteiger partial charge in [0.1, 0.15) is 0 Å². The van der Waals surface area contributed by atoms with Crippen LogP contribution in [0.4, 0.5) is 0 Å². The molecule has 1 saturated carbocycles. The second kappa shape index (κ2) is 2.55. The fourth-order valence-electron chi connectivity index (χ4n) is 3.11. The molecule has 2 aliphatic heterocycles. The van der Waals surface area contributed by atoms with E-state index in [4.69, 9.17) is 11.6 Å². The Labute approximate surface area is 81.9 Å². The van der Waals surface area contributed by atoms with Crippen molar-refractivity contribution in [2.24, 2.45) is 11.8 Å². The molecule has 0 spiro atoms. The van der Waals surface area contributed by atoms with Gasteiger partial charge < -0.3 is 5.11 Å². The van der Waals surface area contributed by atoms with Gasteiger partial charge in [0.05, 0.1) is 11.5 Å². The van der Waals surface area contributed by atoms with Crippen LogP contribution in [0.2, 0.25) is 0 Å². The Hall–Kier alpha value is 0.600. The number of halogens is 1. The van der Waals surface area contributed by atoms with Crippen LogP contribution in [0.25, 0.3) is 0 Å². The normalized spacial score (nSPS) is 62.5. The van der Waals surface area contributed by atoms with Gasteiger partial charge in [-0.05, 0) is 25.2 Å². The van der Waals surface area contributed by atoms with E-state index in [-0.39, 0.29) is 11.5 Å². The lowest BCUT2D eigenvalue weighted by Crippen LogP contribution is -2.34. The van der Waals surface area contributed by atoms with Crippen molar-refractivity contribution >= 4 is 23.4 Å². The van der Waals surface area contributed by atoms with Crippen molar-refractivity contribution in [3.05, 3.63) is 0 Å². The van der Waals surface area contributed by atoms with Gasteiger partial charge >= 0.3 is 0 Å². The summed E-state index contributed by atoms with van der Waals surface area (Å²) in [4.78, 5) is 0. The quantitative estimate of drug-likeness (QED) is 0.608. The van der Waals surface area contributed by atoms with Gasteiger partial charge in [-0.1, -0.05) is 0 Å². The molecule has 0 amide bonds. The number of hydrogen-bond donors (Lipinski definition) is 1. The van der Waals surface area contributed by atoms with Crippen LogP contribution in [-0.4, -0.2) is 27.1 Å². The van der Waals surface area contributed by atoms with E-state index in [1.54, 1.807) is 0 Å². The van der Waals surface area contributed by atoms with Gasteiger partial charge in [-0.2, -0.15) is 11.8 Å². The molecule has 68 valence electrons. The van der Waals surface area contributed by atoms with Crippen molar-refractivity contribution in [1.82, 2.24) is 0 Å². The van der Waals surface area contributed by atoms with Crippen LogP contribution < -0.4 is 0 Å². The third-order valence-corrected chi connectivity index (χ3v) is 6.30. The van der Waals surface area contributed by atoms with Crippen molar-refractivity contribution in [3.8, 4) is 0 Å². The van der Waals surface area contributed by atoms with Gasteiger partial charge in [-0.25, -0.2) is 0 Å². The number of aliphatic hydroxyl groups is 1. The van der Waals surface area contributed by atoms with E-state index in [2.05, 4.69) is 0 Å². The van der Waals surface area contributed by atoms with E-state index in [1.165, 1.54) is 19.3 Å². The smallest absolute Gasteiger partial charge is 0.0622 e. The zero-order chi connectivity index (χ0) is 8.29. The maximum Gasteiger partial charge on any atom is 0.0622 e. The minimum atomic E-state index is -0.0856. The van der Waals surface area contributed by atoms with Crippen molar-refractivity contribution in [2.75, 3.05) is 0 Å². The summed E-state index contributed by atoms with van der Waals surface area (Å²) in [5.74, 6) is 0.982. The van der Waals surface area contributed by atoms with Crippen molar-refractivity contribution < 1.29 is 5.11 Å². The third-order valence-electron chi connectivity index (χ3n) is 3.76. The number of thioether (sulfide) groups is 1. The van der Waals surface area contributed by atoms with Crippen LogP contribution in [0.3, 0.4) is 0 Å². The van der Waals surface area contributed by atoms with Gasteiger partial charge in [-0.3, -0.25) is 0 Å². The molecule has 1 nitrogen and oxygen atoms in total. The summed E-state index contributed by atoms with van der Waals surface area (Å²) in [6.07, 6.45) is 3.52. The highest BCUT2D eigenvalue weighted by Crippen LogP contribution is 2.56. The highest BCUT2D eigenvalue weighted by atomic mass is 35.5. The summed E-state index contributed by atoms with van der Waals surface area (Å²) >= 11 is 8.36. The summed E-state index contributed by atoms with van der Waals surface area (Å²) in [6, 6.07) is 0. The molecule has 3 rings (SSSR count). The average molecular weight is 205 g/mol. The molecule has 3 aliphatic rings. The minimum absolute atomic E-state index is 0.0856. The molecule has 3 fully saturated rings. The Kier molecular flexibility index (Phi) is 1.69. The molecule has 0 unspecified atom stereocenters. The van der Waals surface area contributed by atoms with Gasteiger partial charge in [-0.15, -0.1) is 11.6 Å². The fourth-order valence-corrected chi connectivity index (χ4v) is 5.57. The van der Waals surface area contributed by atoms with E-state index >= 15 is 0 Å². The highest BCUT2D eigenvalue weighted by Gasteiger charge is 2.54. The first-order valence-corrected chi connectivity index (χ1v) is 6.13. The number of hydrogen-bond acceptors (Lipinski definition) is 2. The van der Waals surface area contributed by atoms with E-state index < -0.39 is 0 Å². The second-order valence-corrected chi connectivity index (χ2v) is 6.28. The Morgan fingerprint density at radius 1 is 1.17 bits per heavy atom. The van der Waals surface area contributed by atoms with Gasteiger partial charge in [0.15, 0.2) is 0 Å². The first-order chi connectivity index (χ1) is 5.77. The fraction of sp³-hybridized carbons (Fsp3) is 1.00. The van der Waals surface area contributed by atoms with Crippen LogP contribution in [-0.2, 0) is 0 Å². The molecule has 12 heavy (non-hydrogen) atoms. The summed E-state index contributed by atoms with van der Waals surface area (Å²) in [7, 11) is 0.